The summed E-state index contributed by atoms with van der Waals surface area (Å²) in [4.78, 5) is 10.8. The van der Waals surface area contributed by atoms with Gasteiger partial charge in [-0.1, -0.05) is 5.16 Å². The van der Waals surface area contributed by atoms with E-state index in [2.05, 4.69) is 21.1 Å². The average molecular weight is 242 g/mol. The quantitative estimate of drug-likeness (QED) is 0.833. The van der Waals surface area contributed by atoms with Gasteiger partial charge in [-0.05, 0) is 28.1 Å². The molecular weight excluding hydrogens is 238 g/mol. The monoisotopic (exact) mass is 241 g/mol. The van der Waals surface area contributed by atoms with Crippen LogP contribution in [0.1, 0.15) is 10.4 Å². The highest BCUT2D eigenvalue weighted by molar-refractivity contribution is 9.10. The second-order valence-electron chi connectivity index (χ2n) is 2.47. The Labute approximate surface area is 81.3 Å². The molecule has 0 aliphatic carbocycles. The largest absolute Gasteiger partial charge is 0.478 e. The summed E-state index contributed by atoms with van der Waals surface area (Å²) in [5, 5.41) is 12.9. The zero-order valence-corrected chi connectivity index (χ0v) is 7.91. The number of aromatic carboxylic acids is 1. The highest BCUT2D eigenvalue weighted by Gasteiger charge is 2.14. The molecule has 13 heavy (non-hydrogen) atoms. The van der Waals surface area contributed by atoms with Crippen LogP contribution >= 0.6 is 15.9 Å². The van der Waals surface area contributed by atoms with E-state index >= 15 is 0 Å². The number of halogens is 1. The average Bonchev–Trinajstić information content (AvgIpc) is 2.50. The molecule has 1 N–H and O–H groups in total. The van der Waals surface area contributed by atoms with Gasteiger partial charge in [-0.2, -0.15) is 0 Å². The van der Waals surface area contributed by atoms with Crippen molar-refractivity contribution in [3.63, 3.8) is 0 Å². The van der Waals surface area contributed by atoms with Crippen LogP contribution in [0.25, 0.3) is 11.0 Å². The van der Waals surface area contributed by atoms with Crippen molar-refractivity contribution in [3.8, 4) is 0 Å². The van der Waals surface area contributed by atoms with E-state index in [1.54, 1.807) is 12.1 Å². The Balaban J connectivity index is 2.88. The summed E-state index contributed by atoms with van der Waals surface area (Å²) in [7, 11) is 0. The minimum Gasteiger partial charge on any atom is -0.478 e. The maximum atomic E-state index is 10.8. The predicted molar refractivity (Wildman–Crippen MR) is 48.7 cm³/mol. The van der Waals surface area contributed by atoms with Gasteiger partial charge in [0, 0.05) is 4.47 Å². The predicted octanol–water partition coefficient (Wildman–Crippen LogP) is 2.29. The summed E-state index contributed by atoms with van der Waals surface area (Å²) in [6.45, 7) is 0. The number of hydrogen-bond donors (Lipinski definition) is 1. The lowest BCUT2D eigenvalue weighted by Gasteiger charge is -1.97. The van der Waals surface area contributed by atoms with Crippen LogP contribution in [-0.2, 0) is 0 Å². The summed E-state index contributed by atoms with van der Waals surface area (Å²) in [6, 6.07) is 3.29. The highest BCUT2D eigenvalue weighted by atomic mass is 79.9. The van der Waals surface area contributed by atoms with Gasteiger partial charge < -0.3 is 9.63 Å². The van der Waals surface area contributed by atoms with Gasteiger partial charge in [-0.25, -0.2) is 4.79 Å². The van der Waals surface area contributed by atoms with Crippen molar-refractivity contribution in [1.29, 1.82) is 0 Å². The fourth-order valence-electron chi connectivity index (χ4n) is 1.13. The lowest BCUT2D eigenvalue weighted by Crippen LogP contribution is -1.97. The van der Waals surface area contributed by atoms with E-state index in [0.717, 1.165) is 0 Å². The van der Waals surface area contributed by atoms with Crippen LogP contribution in [0.15, 0.2) is 27.3 Å². The molecule has 0 saturated heterocycles. The molecule has 0 spiro atoms. The molecule has 1 aromatic heterocycles. The fourth-order valence-corrected chi connectivity index (χ4v) is 1.65. The number of nitrogens with zero attached hydrogens (tertiary/aromatic N) is 1. The number of benzene rings is 1. The molecule has 0 radical (unpaired) electrons. The van der Waals surface area contributed by atoms with Crippen LogP contribution < -0.4 is 0 Å². The van der Waals surface area contributed by atoms with Crippen LogP contribution in [0, 0.1) is 0 Å². The molecule has 0 atom stereocenters. The van der Waals surface area contributed by atoms with Gasteiger partial charge in [-0.15, -0.1) is 0 Å². The Morgan fingerprint density at radius 3 is 3.00 bits per heavy atom. The van der Waals surface area contributed by atoms with Gasteiger partial charge in [0.15, 0.2) is 5.58 Å². The number of aromatic nitrogens is 1. The molecule has 2 rings (SSSR count). The third-order valence-electron chi connectivity index (χ3n) is 1.70. The van der Waals surface area contributed by atoms with Crippen molar-refractivity contribution in [2.75, 3.05) is 0 Å². The third kappa shape index (κ3) is 1.21. The van der Waals surface area contributed by atoms with Gasteiger partial charge in [0.2, 0.25) is 0 Å². The summed E-state index contributed by atoms with van der Waals surface area (Å²) in [5.74, 6) is -0.999. The standard InChI is InChI=1S/C8H4BrNO3/c9-5-1-2-6-4(3-10-13-6)7(5)8(11)12/h1-3H,(H,11,12). The van der Waals surface area contributed by atoms with E-state index in [1.165, 1.54) is 6.20 Å². The van der Waals surface area contributed by atoms with Gasteiger partial charge in [0.1, 0.15) is 0 Å². The fraction of sp³-hybridized carbons (Fsp3) is 0. The first-order chi connectivity index (χ1) is 6.20. The van der Waals surface area contributed by atoms with E-state index in [1.807, 2.05) is 0 Å². The first kappa shape index (κ1) is 8.25. The van der Waals surface area contributed by atoms with Crippen LogP contribution in [0.3, 0.4) is 0 Å². The number of carbonyl (C=O) groups is 1. The molecule has 0 bridgehead atoms. The maximum absolute atomic E-state index is 10.8. The second-order valence-corrected chi connectivity index (χ2v) is 3.32. The van der Waals surface area contributed by atoms with Gasteiger partial charge in [0.05, 0.1) is 17.1 Å². The van der Waals surface area contributed by atoms with E-state index < -0.39 is 5.97 Å². The Hall–Kier alpha value is -1.36. The maximum Gasteiger partial charge on any atom is 0.337 e. The molecule has 0 amide bonds. The van der Waals surface area contributed by atoms with Crippen molar-refractivity contribution in [3.05, 3.63) is 28.4 Å². The van der Waals surface area contributed by atoms with Crippen molar-refractivity contribution in [2.45, 2.75) is 0 Å². The van der Waals surface area contributed by atoms with Crippen LogP contribution in [0.4, 0.5) is 0 Å². The molecule has 0 unspecified atom stereocenters. The molecule has 0 aliphatic heterocycles. The molecule has 2 aromatic rings. The SMILES string of the molecule is O=C(O)c1c(Br)ccc2oncc12. The Bertz CT molecular complexity index is 477. The lowest BCUT2D eigenvalue weighted by atomic mass is 10.1. The van der Waals surface area contributed by atoms with Gasteiger partial charge in [0.25, 0.3) is 0 Å². The molecule has 1 heterocycles. The van der Waals surface area contributed by atoms with Gasteiger partial charge >= 0.3 is 5.97 Å². The van der Waals surface area contributed by atoms with Crippen molar-refractivity contribution >= 4 is 32.9 Å². The van der Waals surface area contributed by atoms with E-state index in [9.17, 15) is 4.79 Å². The van der Waals surface area contributed by atoms with Gasteiger partial charge in [-0.3, -0.25) is 0 Å². The van der Waals surface area contributed by atoms with Crippen LogP contribution in [0.5, 0.6) is 0 Å². The van der Waals surface area contributed by atoms with E-state index in [4.69, 9.17) is 9.63 Å². The van der Waals surface area contributed by atoms with Crippen molar-refractivity contribution in [2.24, 2.45) is 0 Å². The minimum atomic E-state index is -0.999. The Morgan fingerprint density at radius 2 is 2.31 bits per heavy atom. The zero-order valence-electron chi connectivity index (χ0n) is 6.32. The highest BCUT2D eigenvalue weighted by Crippen LogP contribution is 2.26. The Morgan fingerprint density at radius 1 is 1.54 bits per heavy atom. The molecule has 4 nitrogen and oxygen atoms in total. The molecular formula is C8H4BrNO3. The topological polar surface area (TPSA) is 63.3 Å². The van der Waals surface area contributed by atoms with Crippen molar-refractivity contribution in [1.82, 2.24) is 5.16 Å². The molecule has 1 aromatic carbocycles. The number of carboxylic acids is 1. The molecule has 0 saturated carbocycles. The van der Waals surface area contributed by atoms with E-state index in [0.29, 0.717) is 15.4 Å². The van der Waals surface area contributed by atoms with Crippen molar-refractivity contribution < 1.29 is 14.4 Å². The summed E-state index contributed by atoms with van der Waals surface area (Å²) in [5.41, 5.74) is 0.652. The lowest BCUT2D eigenvalue weighted by molar-refractivity contribution is 0.0698. The summed E-state index contributed by atoms with van der Waals surface area (Å²) >= 11 is 3.15. The van der Waals surface area contributed by atoms with E-state index in [-0.39, 0.29) is 5.56 Å². The number of carboxylic acid groups (broad SMARTS) is 1. The molecule has 66 valence electrons. The summed E-state index contributed by atoms with van der Waals surface area (Å²) in [6.07, 6.45) is 1.39. The molecule has 0 aliphatic rings. The first-order valence-electron chi connectivity index (χ1n) is 3.46. The summed E-state index contributed by atoms with van der Waals surface area (Å²) < 4.78 is 5.35. The molecule has 5 heteroatoms. The number of hydrogen-bond acceptors (Lipinski definition) is 3. The second kappa shape index (κ2) is 2.85. The minimum absolute atomic E-state index is 0.179. The Kier molecular flexibility index (Phi) is 1.81. The zero-order chi connectivity index (χ0) is 9.42. The van der Waals surface area contributed by atoms with Crippen LogP contribution in [0.2, 0.25) is 0 Å². The number of rotatable bonds is 1. The smallest absolute Gasteiger partial charge is 0.337 e. The van der Waals surface area contributed by atoms with Crippen LogP contribution in [-0.4, -0.2) is 16.2 Å². The third-order valence-corrected chi connectivity index (χ3v) is 2.36. The number of fused-ring (bicyclic) bond motifs is 1. The first-order valence-corrected chi connectivity index (χ1v) is 4.25. The molecule has 0 fully saturated rings. The normalized spacial score (nSPS) is 10.5.